The van der Waals surface area contributed by atoms with Gasteiger partial charge in [-0.3, -0.25) is 14.5 Å². The molecule has 2 amide bonds. The Morgan fingerprint density at radius 1 is 1.13 bits per heavy atom. The van der Waals surface area contributed by atoms with E-state index in [0.717, 1.165) is 22.3 Å². The Kier molecular flexibility index (Phi) is 7.19. The number of anilines is 2. The molecule has 160 valence electrons. The second-order valence-electron chi connectivity index (χ2n) is 6.51. The Morgan fingerprint density at radius 3 is 2.52 bits per heavy atom. The topological polar surface area (TPSA) is 62.3 Å². The Balaban J connectivity index is 1.61. The van der Waals surface area contributed by atoms with Gasteiger partial charge in [0.1, 0.15) is 17.5 Å². The molecule has 0 saturated carbocycles. The molecule has 2 aromatic carbocycles. The number of rotatable bonds is 7. The van der Waals surface area contributed by atoms with E-state index in [4.69, 9.17) is 0 Å². The summed E-state index contributed by atoms with van der Waals surface area (Å²) >= 11 is 1.13. The molecule has 3 aromatic rings. The number of hydrogen-bond acceptors (Lipinski definition) is 4. The minimum absolute atomic E-state index is 0.0893. The molecule has 5 nitrogen and oxygen atoms in total. The number of benzene rings is 2. The van der Waals surface area contributed by atoms with Gasteiger partial charge >= 0.3 is 0 Å². The number of nitrogens with one attached hydrogen (secondary N) is 1. The van der Waals surface area contributed by atoms with Crippen LogP contribution in [0.3, 0.4) is 0 Å². The standard InChI is InChI=1S/C22H18F3N3O2S/c1-14(29)28(20-5-3-2-4-19(20)25)22-27-18(13-31-22)6-7-21(30)26-9-8-15-10-16(23)12-17(24)11-15/h2-7,10-13H,8-9H2,1H3,(H,26,30)/b7-6+. The van der Waals surface area contributed by atoms with Crippen molar-refractivity contribution in [2.24, 2.45) is 0 Å². The second-order valence-corrected chi connectivity index (χ2v) is 7.35. The molecular weight excluding hydrogens is 427 g/mol. The fraction of sp³-hybridized carbons (Fsp3) is 0.136. The molecule has 0 saturated heterocycles. The van der Waals surface area contributed by atoms with Crippen LogP contribution >= 0.6 is 11.3 Å². The van der Waals surface area contributed by atoms with Crippen molar-refractivity contribution in [3.05, 3.63) is 82.6 Å². The lowest BCUT2D eigenvalue weighted by molar-refractivity contribution is -0.117. The summed E-state index contributed by atoms with van der Waals surface area (Å²) in [5.41, 5.74) is 0.944. The lowest BCUT2D eigenvalue weighted by Crippen LogP contribution is -2.23. The number of aromatic nitrogens is 1. The Labute approximate surface area is 180 Å². The third-order valence-corrected chi connectivity index (χ3v) is 4.99. The van der Waals surface area contributed by atoms with Crippen LogP contribution in [-0.2, 0) is 16.0 Å². The van der Waals surface area contributed by atoms with E-state index in [-0.39, 0.29) is 23.8 Å². The molecule has 0 aliphatic heterocycles. The number of nitrogens with zero attached hydrogens (tertiary/aromatic N) is 2. The molecule has 0 bridgehead atoms. The van der Waals surface area contributed by atoms with Crippen molar-refractivity contribution in [3.63, 3.8) is 0 Å². The van der Waals surface area contributed by atoms with Crippen LogP contribution < -0.4 is 10.2 Å². The predicted molar refractivity (Wildman–Crippen MR) is 113 cm³/mol. The van der Waals surface area contributed by atoms with Crippen LogP contribution in [0, 0.1) is 17.5 Å². The molecule has 31 heavy (non-hydrogen) atoms. The van der Waals surface area contributed by atoms with Gasteiger partial charge in [-0.05, 0) is 42.3 Å². The van der Waals surface area contributed by atoms with E-state index in [0.29, 0.717) is 11.3 Å². The highest BCUT2D eigenvalue weighted by atomic mass is 32.1. The third kappa shape index (κ3) is 6.02. The number of carbonyl (C=O) groups is 2. The van der Waals surface area contributed by atoms with E-state index in [2.05, 4.69) is 10.3 Å². The zero-order chi connectivity index (χ0) is 22.4. The van der Waals surface area contributed by atoms with E-state index in [1.165, 1.54) is 49.4 Å². The quantitative estimate of drug-likeness (QED) is 0.540. The van der Waals surface area contributed by atoms with Gasteiger partial charge in [-0.2, -0.15) is 0 Å². The minimum atomic E-state index is -0.671. The van der Waals surface area contributed by atoms with Crippen molar-refractivity contribution in [2.45, 2.75) is 13.3 Å². The average Bonchev–Trinajstić information content (AvgIpc) is 3.15. The monoisotopic (exact) mass is 445 g/mol. The van der Waals surface area contributed by atoms with Crippen molar-refractivity contribution in [2.75, 3.05) is 11.4 Å². The number of thiazole rings is 1. The smallest absolute Gasteiger partial charge is 0.244 e. The molecule has 0 spiro atoms. The molecule has 0 aliphatic carbocycles. The van der Waals surface area contributed by atoms with Crippen LogP contribution in [0.25, 0.3) is 6.08 Å². The fourth-order valence-electron chi connectivity index (χ4n) is 2.80. The van der Waals surface area contributed by atoms with Crippen LogP contribution in [0.4, 0.5) is 24.0 Å². The summed E-state index contributed by atoms with van der Waals surface area (Å²) in [7, 11) is 0. The highest BCUT2D eigenvalue weighted by molar-refractivity contribution is 7.14. The molecule has 1 N–H and O–H groups in total. The van der Waals surface area contributed by atoms with Gasteiger partial charge < -0.3 is 5.32 Å². The number of halogens is 3. The summed E-state index contributed by atoms with van der Waals surface area (Å²) in [6.07, 6.45) is 2.98. The number of amides is 2. The summed E-state index contributed by atoms with van der Waals surface area (Å²) in [6, 6.07) is 9.07. The van der Waals surface area contributed by atoms with Gasteiger partial charge in [-0.1, -0.05) is 12.1 Å². The maximum atomic E-state index is 14.1. The molecular formula is C22H18F3N3O2S. The summed E-state index contributed by atoms with van der Waals surface area (Å²) in [5, 5.41) is 4.51. The molecule has 0 atom stereocenters. The highest BCUT2D eigenvalue weighted by Crippen LogP contribution is 2.30. The van der Waals surface area contributed by atoms with Crippen molar-refractivity contribution in [3.8, 4) is 0 Å². The largest absolute Gasteiger partial charge is 0.352 e. The minimum Gasteiger partial charge on any atom is -0.352 e. The normalized spacial score (nSPS) is 11.0. The first-order chi connectivity index (χ1) is 14.8. The van der Waals surface area contributed by atoms with Gasteiger partial charge in [0.2, 0.25) is 11.8 Å². The molecule has 9 heteroatoms. The first kappa shape index (κ1) is 22.2. The molecule has 0 unspecified atom stereocenters. The average molecular weight is 445 g/mol. The zero-order valence-electron chi connectivity index (χ0n) is 16.4. The lowest BCUT2D eigenvalue weighted by atomic mass is 10.1. The first-order valence-electron chi connectivity index (χ1n) is 9.25. The molecule has 1 aromatic heterocycles. The van der Waals surface area contributed by atoms with Gasteiger partial charge in [0.15, 0.2) is 5.13 Å². The van der Waals surface area contributed by atoms with Crippen LogP contribution in [-0.4, -0.2) is 23.3 Å². The van der Waals surface area contributed by atoms with E-state index in [1.54, 1.807) is 11.4 Å². The van der Waals surface area contributed by atoms with Crippen LogP contribution in [0.2, 0.25) is 0 Å². The molecule has 0 aliphatic rings. The third-order valence-electron chi connectivity index (χ3n) is 4.15. The summed E-state index contributed by atoms with van der Waals surface area (Å²) in [5.74, 6) is -2.71. The van der Waals surface area contributed by atoms with Gasteiger partial charge in [-0.15, -0.1) is 11.3 Å². The van der Waals surface area contributed by atoms with Crippen molar-refractivity contribution >= 4 is 40.0 Å². The van der Waals surface area contributed by atoms with Crippen LogP contribution in [0.15, 0.2) is 53.9 Å². The van der Waals surface area contributed by atoms with Gasteiger partial charge in [0.25, 0.3) is 0 Å². The van der Waals surface area contributed by atoms with E-state index in [9.17, 15) is 22.8 Å². The molecule has 1 heterocycles. The van der Waals surface area contributed by atoms with Gasteiger partial charge in [-0.25, -0.2) is 18.2 Å². The zero-order valence-corrected chi connectivity index (χ0v) is 17.3. The van der Waals surface area contributed by atoms with E-state index in [1.807, 2.05) is 0 Å². The van der Waals surface area contributed by atoms with Crippen LogP contribution in [0.1, 0.15) is 18.2 Å². The van der Waals surface area contributed by atoms with Crippen LogP contribution in [0.5, 0.6) is 0 Å². The molecule has 3 rings (SSSR count). The lowest BCUT2D eigenvalue weighted by Gasteiger charge is -2.18. The number of hydrogen-bond donors (Lipinski definition) is 1. The Morgan fingerprint density at radius 2 is 1.84 bits per heavy atom. The SMILES string of the molecule is CC(=O)N(c1nc(/C=C/C(=O)NCCc2cc(F)cc(F)c2)cs1)c1ccccc1F. The molecule has 0 fully saturated rings. The summed E-state index contributed by atoms with van der Waals surface area (Å²) in [4.78, 5) is 29.5. The van der Waals surface area contributed by atoms with E-state index < -0.39 is 29.3 Å². The first-order valence-corrected chi connectivity index (χ1v) is 10.1. The maximum absolute atomic E-state index is 14.1. The summed E-state index contributed by atoms with van der Waals surface area (Å²) < 4.78 is 40.4. The van der Waals surface area contributed by atoms with Crippen molar-refractivity contribution in [1.82, 2.24) is 10.3 Å². The Hall–Kier alpha value is -3.46. The molecule has 0 radical (unpaired) electrons. The maximum Gasteiger partial charge on any atom is 0.244 e. The number of carbonyl (C=O) groups excluding carboxylic acids is 2. The van der Waals surface area contributed by atoms with Gasteiger partial charge in [0.05, 0.1) is 11.4 Å². The summed E-state index contributed by atoms with van der Waals surface area (Å²) in [6.45, 7) is 1.50. The predicted octanol–water partition coefficient (Wildman–Crippen LogP) is 4.62. The van der Waals surface area contributed by atoms with Gasteiger partial charge in [0, 0.05) is 31.0 Å². The fourth-order valence-corrected chi connectivity index (χ4v) is 3.65. The highest BCUT2D eigenvalue weighted by Gasteiger charge is 2.20. The van der Waals surface area contributed by atoms with E-state index >= 15 is 0 Å². The Bertz CT molecular complexity index is 1110. The van der Waals surface area contributed by atoms with Crippen molar-refractivity contribution in [1.29, 1.82) is 0 Å². The second kappa shape index (κ2) is 10.0. The van der Waals surface area contributed by atoms with Crippen molar-refractivity contribution < 1.29 is 22.8 Å². The number of para-hydroxylation sites is 1.